The summed E-state index contributed by atoms with van der Waals surface area (Å²) in [4.78, 5) is 23.0. The van der Waals surface area contributed by atoms with Gasteiger partial charge in [-0.2, -0.15) is 13.2 Å². The number of amides is 1. The van der Waals surface area contributed by atoms with Crippen LogP contribution in [0.25, 0.3) is 11.1 Å². The Hall–Kier alpha value is -3.43. The predicted molar refractivity (Wildman–Crippen MR) is 126 cm³/mol. The standard InChI is InChI=1S/C26H20ClF4NO4/c1-12-19-11-16(5-8-22(19)32-23(12)33)25(36,26(29,30)31)13(2)17-6-3-14(9-20(17)27)15-4-7-18(24(34)35)21(28)10-15/h3-13,36H,1-2H3,(H,32,33)(H,34,35). The Labute approximate surface area is 208 Å². The maximum Gasteiger partial charge on any atom is 0.422 e. The summed E-state index contributed by atoms with van der Waals surface area (Å²) in [6.45, 7) is 2.75. The molecule has 3 aromatic carbocycles. The summed E-state index contributed by atoms with van der Waals surface area (Å²) in [6, 6.07) is 11.1. The van der Waals surface area contributed by atoms with Gasteiger partial charge in [-0.25, -0.2) is 9.18 Å². The third-order valence-corrected chi connectivity index (χ3v) is 7.00. The number of carbonyl (C=O) groups is 2. The van der Waals surface area contributed by atoms with Gasteiger partial charge in [-0.15, -0.1) is 0 Å². The molecule has 0 fully saturated rings. The fraction of sp³-hybridized carbons (Fsp3) is 0.231. The van der Waals surface area contributed by atoms with Crippen LogP contribution in [0, 0.1) is 5.82 Å². The van der Waals surface area contributed by atoms with E-state index in [0.29, 0.717) is 16.8 Å². The van der Waals surface area contributed by atoms with Crippen LogP contribution in [0.15, 0.2) is 54.6 Å². The van der Waals surface area contributed by atoms with E-state index in [0.717, 1.165) is 18.2 Å². The van der Waals surface area contributed by atoms with E-state index in [1.54, 1.807) is 6.92 Å². The molecule has 188 valence electrons. The molecule has 1 aliphatic rings. The van der Waals surface area contributed by atoms with Gasteiger partial charge in [-0.05, 0) is 65.1 Å². The molecular formula is C26H20ClF4NO4. The number of aromatic carboxylic acids is 1. The predicted octanol–water partition coefficient (Wildman–Crippen LogP) is 6.45. The highest BCUT2D eigenvalue weighted by molar-refractivity contribution is 6.31. The largest absolute Gasteiger partial charge is 0.478 e. The van der Waals surface area contributed by atoms with Gasteiger partial charge in [0.2, 0.25) is 5.91 Å². The van der Waals surface area contributed by atoms with Crippen molar-refractivity contribution in [2.24, 2.45) is 0 Å². The first-order valence-electron chi connectivity index (χ1n) is 10.8. The number of nitrogens with one attached hydrogen (secondary N) is 1. The SMILES string of the molecule is CC1C(=O)Nc2ccc(C(O)(C(C)c3ccc(-c4ccc(C(=O)O)c(F)c4)cc3Cl)C(F)(F)F)cc21. The summed E-state index contributed by atoms with van der Waals surface area (Å²) in [6.07, 6.45) is -5.10. The van der Waals surface area contributed by atoms with Crippen molar-refractivity contribution in [3.05, 3.63) is 87.7 Å². The smallest absolute Gasteiger partial charge is 0.422 e. The molecule has 0 spiro atoms. The minimum absolute atomic E-state index is 0.00869. The summed E-state index contributed by atoms with van der Waals surface area (Å²) in [5.41, 5.74) is -2.95. The summed E-state index contributed by atoms with van der Waals surface area (Å²) < 4.78 is 57.3. The zero-order valence-corrected chi connectivity index (χ0v) is 19.7. The van der Waals surface area contributed by atoms with Crippen molar-refractivity contribution in [1.29, 1.82) is 0 Å². The Morgan fingerprint density at radius 3 is 2.28 bits per heavy atom. The Morgan fingerprint density at radius 2 is 1.69 bits per heavy atom. The highest BCUT2D eigenvalue weighted by atomic mass is 35.5. The average Bonchev–Trinajstić information content (AvgIpc) is 3.09. The van der Waals surface area contributed by atoms with Gasteiger partial charge in [0.1, 0.15) is 5.82 Å². The van der Waals surface area contributed by atoms with Crippen LogP contribution in [0.2, 0.25) is 5.02 Å². The highest BCUT2D eigenvalue weighted by Crippen LogP contribution is 2.51. The fourth-order valence-corrected chi connectivity index (χ4v) is 4.81. The number of hydrogen-bond donors (Lipinski definition) is 3. The van der Waals surface area contributed by atoms with Gasteiger partial charge in [-0.3, -0.25) is 4.79 Å². The van der Waals surface area contributed by atoms with Crippen molar-refractivity contribution in [3.63, 3.8) is 0 Å². The van der Waals surface area contributed by atoms with Crippen molar-refractivity contribution >= 4 is 29.2 Å². The molecule has 1 amide bonds. The van der Waals surface area contributed by atoms with Gasteiger partial charge in [0.05, 0.1) is 11.5 Å². The van der Waals surface area contributed by atoms with E-state index in [1.165, 1.54) is 43.3 Å². The first-order valence-corrected chi connectivity index (χ1v) is 11.2. The van der Waals surface area contributed by atoms with Gasteiger partial charge in [0, 0.05) is 16.6 Å². The number of carboxylic acids is 1. The molecule has 0 bridgehead atoms. The number of carbonyl (C=O) groups excluding carboxylic acids is 1. The van der Waals surface area contributed by atoms with Crippen molar-refractivity contribution in [2.45, 2.75) is 37.5 Å². The van der Waals surface area contributed by atoms with Gasteiger partial charge in [0.15, 0.2) is 5.60 Å². The number of fused-ring (bicyclic) bond motifs is 1. The number of rotatable bonds is 5. The number of halogens is 5. The lowest BCUT2D eigenvalue weighted by Crippen LogP contribution is -2.46. The van der Waals surface area contributed by atoms with Crippen molar-refractivity contribution < 1.29 is 37.4 Å². The maximum absolute atomic E-state index is 14.4. The Morgan fingerprint density at radius 1 is 1.06 bits per heavy atom. The number of anilines is 1. The van der Waals surface area contributed by atoms with Crippen LogP contribution in [0.3, 0.4) is 0 Å². The van der Waals surface area contributed by atoms with Crippen LogP contribution in [0.1, 0.15) is 52.7 Å². The first kappa shape index (κ1) is 25.7. The lowest BCUT2D eigenvalue weighted by molar-refractivity contribution is -0.274. The summed E-state index contributed by atoms with van der Waals surface area (Å²) >= 11 is 6.35. The van der Waals surface area contributed by atoms with Gasteiger partial charge in [0.25, 0.3) is 0 Å². The topological polar surface area (TPSA) is 86.6 Å². The van der Waals surface area contributed by atoms with Gasteiger partial charge < -0.3 is 15.5 Å². The number of alkyl halides is 3. The molecule has 0 aromatic heterocycles. The van der Waals surface area contributed by atoms with E-state index in [4.69, 9.17) is 16.7 Å². The monoisotopic (exact) mass is 521 g/mol. The third-order valence-electron chi connectivity index (χ3n) is 6.67. The average molecular weight is 522 g/mol. The molecule has 0 saturated carbocycles. The Kier molecular flexibility index (Phi) is 6.34. The third kappa shape index (κ3) is 4.12. The molecule has 5 nitrogen and oxygen atoms in total. The molecule has 3 N–H and O–H groups in total. The van der Waals surface area contributed by atoms with Gasteiger partial charge >= 0.3 is 12.1 Å². The summed E-state index contributed by atoms with van der Waals surface area (Å²) in [5, 5.41) is 22.6. The van der Waals surface area contributed by atoms with E-state index in [2.05, 4.69) is 5.32 Å². The lowest BCUT2D eigenvalue weighted by atomic mass is 9.76. The van der Waals surface area contributed by atoms with E-state index in [9.17, 15) is 32.3 Å². The Balaban J connectivity index is 1.76. The van der Waals surface area contributed by atoms with E-state index >= 15 is 0 Å². The molecule has 3 atom stereocenters. The molecule has 1 heterocycles. The number of aliphatic hydroxyl groups is 1. The molecular weight excluding hydrogens is 502 g/mol. The van der Waals surface area contributed by atoms with Crippen molar-refractivity contribution in [2.75, 3.05) is 5.32 Å². The zero-order chi connectivity index (χ0) is 26.6. The first-order chi connectivity index (χ1) is 16.8. The molecule has 0 radical (unpaired) electrons. The van der Waals surface area contributed by atoms with E-state index in [-0.39, 0.29) is 22.1 Å². The Bertz CT molecular complexity index is 1390. The second-order valence-electron chi connectivity index (χ2n) is 8.73. The molecule has 3 aromatic rings. The molecule has 3 unspecified atom stereocenters. The second kappa shape index (κ2) is 8.90. The van der Waals surface area contributed by atoms with Crippen LogP contribution >= 0.6 is 11.6 Å². The maximum atomic E-state index is 14.4. The van der Waals surface area contributed by atoms with Crippen LogP contribution in [0.5, 0.6) is 0 Å². The number of benzene rings is 3. The van der Waals surface area contributed by atoms with E-state index in [1.807, 2.05) is 0 Å². The molecule has 1 aliphatic heterocycles. The molecule has 0 saturated heterocycles. The normalized spacial score (nSPS) is 17.8. The highest BCUT2D eigenvalue weighted by Gasteiger charge is 2.59. The lowest BCUT2D eigenvalue weighted by Gasteiger charge is -2.37. The van der Waals surface area contributed by atoms with Crippen LogP contribution < -0.4 is 5.32 Å². The second-order valence-corrected chi connectivity index (χ2v) is 9.14. The van der Waals surface area contributed by atoms with Crippen LogP contribution in [0.4, 0.5) is 23.2 Å². The molecule has 36 heavy (non-hydrogen) atoms. The summed E-state index contributed by atoms with van der Waals surface area (Å²) in [7, 11) is 0. The van der Waals surface area contributed by atoms with Crippen molar-refractivity contribution in [3.8, 4) is 11.1 Å². The number of carboxylic acid groups (broad SMARTS) is 1. The van der Waals surface area contributed by atoms with Crippen LogP contribution in [-0.2, 0) is 10.4 Å². The molecule has 0 aliphatic carbocycles. The minimum Gasteiger partial charge on any atom is -0.478 e. The van der Waals surface area contributed by atoms with Crippen molar-refractivity contribution in [1.82, 2.24) is 0 Å². The van der Waals surface area contributed by atoms with E-state index < -0.39 is 46.5 Å². The fourth-order valence-electron chi connectivity index (χ4n) is 4.46. The zero-order valence-electron chi connectivity index (χ0n) is 19.0. The quantitative estimate of drug-likeness (QED) is 0.337. The van der Waals surface area contributed by atoms with Crippen LogP contribution in [-0.4, -0.2) is 28.3 Å². The summed E-state index contributed by atoms with van der Waals surface area (Å²) in [5.74, 6) is -5.00. The van der Waals surface area contributed by atoms with Gasteiger partial charge in [-0.1, -0.05) is 42.8 Å². The minimum atomic E-state index is -5.10. The molecule has 4 rings (SSSR count). The number of hydrogen-bond acceptors (Lipinski definition) is 3. The molecule has 10 heteroatoms.